The van der Waals surface area contributed by atoms with Gasteiger partial charge in [0.15, 0.2) is 0 Å². The van der Waals surface area contributed by atoms with Crippen molar-refractivity contribution in [2.24, 2.45) is 0 Å². The molecule has 0 aliphatic carbocycles. The molecule has 98 valence electrons. The molecule has 0 saturated carbocycles. The Morgan fingerprint density at radius 3 is 2.76 bits per heavy atom. The molecule has 0 spiro atoms. The first kappa shape index (κ1) is 14.1. The van der Waals surface area contributed by atoms with Crippen molar-refractivity contribution in [3.05, 3.63) is 0 Å². The number of hydrogen-bond donors (Lipinski definition) is 4. The predicted octanol–water partition coefficient (Wildman–Crippen LogP) is 0.0168. The molecule has 0 aromatic heterocycles. The summed E-state index contributed by atoms with van der Waals surface area (Å²) < 4.78 is 0. The molecule has 2 amide bonds. The number of aliphatic carboxylic acids is 1. The molecule has 1 aliphatic rings. The van der Waals surface area contributed by atoms with Crippen LogP contribution in [0.25, 0.3) is 0 Å². The molecule has 17 heavy (non-hydrogen) atoms. The Labute approximate surface area is 104 Å². The second-order valence-corrected chi connectivity index (χ2v) is 5.30. The zero-order valence-corrected chi connectivity index (χ0v) is 10.3. The normalized spacial score (nSPS) is 20.9. The zero-order valence-electron chi connectivity index (χ0n) is 9.52. The van der Waals surface area contributed by atoms with Crippen molar-refractivity contribution in [3.63, 3.8) is 0 Å². The molecule has 0 radical (unpaired) electrons. The van der Waals surface area contributed by atoms with E-state index in [0.29, 0.717) is 11.8 Å². The van der Waals surface area contributed by atoms with Crippen molar-refractivity contribution in [2.75, 3.05) is 18.9 Å². The SMILES string of the molecule is O=C(NCC1CCCS1)N[C@H](CCO)C(=O)O. The molecule has 1 fully saturated rings. The topological polar surface area (TPSA) is 98.7 Å². The number of rotatable bonds is 6. The fourth-order valence-electron chi connectivity index (χ4n) is 1.61. The smallest absolute Gasteiger partial charge is 0.326 e. The number of hydrogen-bond acceptors (Lipinski definition) is 4. The van der Waals surface area contributed by atoms with Crippen LogP contribution in [0, 0.1) is 0 Å². The van der Waals surface area contributed by atoms with Gasteiger partial charge in [-0.3, -0.25) is 0 Å². The zero-order chi connectivity index (χ0) is 12.7. The number of carboxylic acids is 1. The van der Waals surface area contributed by atoms with Gasteiger partial charge in [-0.05, 0) is 18.6 Å². The molecular weight excluding hydrogens is 244 g/mol. The third kappa shape index (κ3) is 5.27. The summed E-state index contributed by atoms with van der Waals surface area (Å²) in [5, 5.41) is 22.8. The van der Waals surface area contributed by atoms with Crippen molar-refractivity contribution < 1.29 is 19.8 Å². The molecule has 6 nitrogen and oxygen atoms in total. The lowest BCUT2D eigenvalue weighted by molar-refractivity contribution is -0.139. The van der Waals surface area contributed by atoms with Crippen molar-refractivity contribution in [3.8, 4) is 0 Å². The molecule has 1 heterocycles. The van der Waals surface area contributed by atoms with E-state index in [1.165, 1.54) is 6.42 Å². The summed E-state index contributed by atoms with van der Waals surface area (Å²) in [6, 6.07) is -1.52. The highest BCUT2D eigenvalue weighted by Gasteiger charge is 2.20. The maximum Gasteiger partial charge on any atom is 0.326 e. The van der Waals surface area contributed by atoms with Crippen LogP contribution < -0.4 is 10.6 Å². The summed E-state index contributed by atoms with van der Waals surface area (Å²) in [6.07, 6.45) is 2.27. The first-order valence-corrected chi connectivity index (χ1v) is 6.68. The monoisotopic (exact) mass is 262 g/mol. The van der Waals surface area contributed by atoms with Crippen LogP contribution in [-0.4, -0.2) is 52.4 Å². The maximum atomic E-state index is 11.4. The van der Waals surface area contributed by atoms with Gasteiger partial charge in [0.25, 0.3) is 0 Å². The van der Waals surface area contributed by atoms with Crippen LogP contribution in [0.1, 0.15) is 19.3 Å². The lowest BCUT2D eigenvalue weighted by Crippen LogP contribution is -2.47. The number of carbonyl (C=O) groups is 2. The molecular formula is C10H18N2O4S. The number of carbonyl (C=O) groups excluding carboxylic acids is 1. The highest BCUT2D eigenvalue weighted by atomic mass is 32.2. The van der Waals surface area contributed by atoms with Gasteiger partial charge < -0.3 is 20.8 Å². The predicted molar refractivity (Wildman–Crippen MR) is 65.1 cm³/mol. The number of aliphatic hydroxyl groups is 1. The summed E-state index contributed by atoms with van der Waals surface area (Å²) in [6.45, 7) is 0.289. The first-order valence-electron chi connectivity index (χ1n) is 5.63. The van der Waals surface area contributed by atoms with Crippen molar-refractivity contribution in [2.45, 2.75) is 30.6 Å². The average Bonchev–Trinajstić information content (AvgIpc) is 2.78. The molecule has 0 aromatic carbocycles. The van der Waals surface area contributed by atoms with Crippen LogP contribution in [-0.2, 0) is 4.79 Å². The highest BCUT2D eigenvalue weighted by molar-refractivity contribution is 8.00. The summed E-state index contributed by atoms with van der Waals surface area (Å²) in [5.41, 5.74) is 0. The van der Waals surface area contributed by atoms with E-state index in [9.17, 15) is 9.59 Å². The van der Waals surface area contributed by atoms with E-state index in [2.05, 4.69) is 10.6 Å². The third-order valence-electron chi connectivity index (χ3n) is 2.54. The maximum absolute atomic E-state index is 11.4. The van der Waals surface area contributed by atoms with Gasteiger partial charge in [-0.2, -0.15) is 11.8 Å². The molecule has 2 atom stereocenters. The quantitative estimate of drug-likeness (QED) is 0.541. The second-order valence-electron chi connectivity index (χ2n) is 3.89. The summed E-state index contributed by atoms with van der Waals surface area (Å²) in [7, 11) is 0. The van der Waals surface area contributed by atoms with Gasteiger partial charge in [0.05, 0.1) is 0 Å². The molecule has 4 N–H and O–H groups in total. The van der Waals surface area contributed by atoms with E-state index in [1.54, 1.807) is 0 Å². The minimum atomic E-state index is -1.13. The Morgan fingerprint density at radius 1 is 1.47 bits per heavy atom. The van der Waals surface area contributed by atoms with Crippen molar-refractivity contribution in [1.82, 2.24) is 10.6 Å². The van der Waals surface area contributed by atoms with Gasteiger partial charge in [-0.25, -0.2) is 9.59 Å². The van der Waals surface area contributed by atoms with Crippen molar-refractivity contribution in [1.29, 1.82) is 0 Å². The minimum Gasteiger partial charge on any atom is -0.480 e. The number of aliphatic hydroxyl groups excluding tert-OH is 1. The van der Waals surface area contributed by atoms with Gasteiger partial charge in [0.2, 0.25) is 0 Å². The highest BCUT2D eigenvalue weighted by Crippen LogP contribution is 2.25. The van der Waals surface area contributed by atoms with Crippen LogP contribution >= 0.6 is 11.8 Å². The van der Waals surface area contributed by atoms with Crippen LogP contribution in [0.2, 0.25) is 0 Å². The number of nitrogens with one attached hydrogen (secondary N) is 2. The first-order chi connectivity index (χ1) is 8.13. The molecule has 0 aromatic rings. The fourth-order valence-corrected chi connectivity index (χ4v) is 2.81. The molecule has 7 heteroatoms. The fraction of sp³-hybridized carbons (Fsp3) is 0.800. The molecule has 1 rings (SSSR count). The lowest BCUT2D eigenvalue weighted by Gasteiger charge is -2.15. The number of carboxylic acid groups (broad SMARTS) is 1. The van der Waals surface area contributed by atoms with E-state index in [4.69, 9.17) is 10.2 Å². The molecule has 1 saturated heterocycles. The van der Waals surface area contributed by atoms with Crippen LogP contribution in [0.4, 0.5) is 4.79 Å². The second kappa shape index (κ2) is 7.39. The Balaban J connectivity index is 2.23. The van der Waals surface area contributed by atoms with Gasteiger partial charge in [-0.1, -0.05) is 0 Å². The minimum absolute atomic E-state index is 0.0148. The summed E-state index contributed by atoms with van der Waals surface area (Å²) in [4.78, 5) is 22.1. The largest absolute Gasteiger partial charge is 0.480 e. The number of amides is 2. The van der Waals surface area contributed by atoms with Crippen molar-refractivity contribution >= 4 is 23.8 Å². The van der Waals surface area contributed by atoms with Crippen LogP contribution in [0.3, 0.4) is 0 Å². The van der Waals surface area contributed by atoms with Gasteiger partial charge in [0.1, 0.15) is 6.04 Å². The molecule has 1 aliphatic heterocycles. The Bertz CT molecular complexity index is 269. The van der Waals surface area contributed by atoms with E-state index < -0.39 is 18.0 Å². The average molecular weight is 262 g/mol. The van der Waals surface area contributed by atoms with E-state index in [1.807, 2.05) is 11.8 Å². The van der Waals surface area contributed by atoms with E-state index in [0.717, 1.165) is 12.2 Å². The molecule has 1 unspecified atom stereocenters. The van der Waals surface area contributed by atoms with Gasteiger partial charge in [-0.15, -0.1) is 0 Å². The summed E-state index contributed by atoms with van der Waals surface area (Å²) >= 11 is 1.82. The third-order valence-corrected chi connectivity index (χ3v) is 3.93. The van der Waals surface area contributed by atoms with Crippen LogP contribution in [0.15, 0.2) is 0 Å². The van der Waals surface area contributed by atoms with Gasteiger partial charge in [0, 0.05) is 24.8 Å². The van der Waals surface area contributed by atoms with Crippen LogP contribution in [0.5, 0.6) is 0 Å². The van der Waals surface area contributed by atoms with E-state index in [-0.39, 0.29) is 13.0 Å². The number of thioether (sulfide) groups is 1. The number of urea groups is 1. The Hall–Kier alpha value is -0.950. The van der Waals surface area contributed by atoms with Gasteiger partial charge >= 0.3 is 12.0 Å². The lowest BCUT2D eigenvalue weighted by atomic mass is 10.2. The standard InChI is InChI=1S/C10H18N2O4S/c13-4-3-8(9(14)15)12-10(16)11-6-7-2-1-5-17-7/h7-8,13H,1-6H2,(H,14,15)(H2,11,12,16)/t7?,8-/m1/s1. The van der Waals surface area contributed by atoms with E-state index >= 15 is 0 Å². The Morgan fingerprint density at radius 2 is 2.24 bits per heavy atom. The molecule has 0 bridgehead atoms. The Kier molecular flexibility index (Phi) is 6.13. The summed E-state index contributed by atoms with van der Waals surface area (Å²) in [5.74, 6) is -0.0135.